The maximum Gasteiger partial charge on any atom is 0.356 e. The fourth-order valence-corrected chi connectivity index (χ4v) is 1.38. The van der Waals surface area contributed by atoms with Gasteiger partial charge in [-0.3, -0.25) is 0 Å². The lowest BCUT2D eigenvalue weighted by molar-refractivity contribution is 0.0686. The van der Waals surface area contributed by atoms with E-state index >= 15 is 0 Å². The molecule has 0 amide bonds. The van der Waals surface area contributed by atoms with Crippen LogP contribution in [0.3, 0.4) is 0 Å². The van der Waals surface area contributed by atoms with Crippen LogP contribution in [-0.4, -0.2) is 26.8 Å². The van der Waals surface area contributed by atoms with Gasteiger partial charge in [-0.25, -0.2) is 14.3 Å². The van der Waals surface area contributed by atoms with Gasteiger partial charge < -0.3 is 9.84 Å². The molecule has 2 aromatic rings. The summed E-state index contributed by atoms with van der Waals surface area (Å²) in [6.07, 6.45) is 0. The minimum atomic E-state index is -1.17. The predicted octanol–water partition coefficient (Wildman–Crippen LogP) is 1.34. The van der Waals surface area contributed by atoms with E-state index in [4.69, 9.17) is 9.84 Å². The largest absolute Gasteiger partial charge is 0.476 e. The summed E-state index contributed by atoms with van der Waals surface area (Å²) in [4.78, 5) is 22.4. The second kappa shape index (κ2) is 4.70. The van der Waals surface area contributed by atoms with E-state index in [1.165, 1.54) is 17.8 Å². The van der Waals surface area contributed by atoms with Crippen molar-refractivity contribution in [1.29, 1.82) is 0 Å². The first-order valence-electron chi connectivity index (χ1n) is 5.12. The van der Waals surface area contributed by atoms with Gasteiger partial charge >= 0.3 is 11.9 Å². The number of aryl methyl sites for hydroxylation is 1. The summed E-state index contributed by atoms with van der Waals surface area (Å²) in [6.45, 7) is 0. The molecule has 0 unspecified atom stereocenters. The molecule has 1 aromatic carbocycles. The monoisotopic (exact) mass is 246 g/mol. The number of benzene rings is 1. The second-order valence-corrected chi connectivity index (χ2v) is 3.55. The van der Waals surface area contributed by atoms with Crippen LogP contribution in [0.25, 0.3) is 0 Å². The molecule has 0 fully saturated rings. The first-order chi connectivity index (χ1) is 8.58. The zero-order valence-corrected chi connectivity index (χ0v) is 9.53. The molecule has 0 spiro atoms. The number of esters is 1. The Bertz CT molecular complexity index is 589. The van der Waals surface area contributed by atoms with E-state index in [1.54, 1.807) is 30.3 Å². The summed E-state index contributed by atoms with van der Waals surface area (Å²) in [7, 11) is 1.50. The number of carbonyl (C=O) groups is 2. The van der Waals surface area contributed by atoms with E-state index < -0.39 is 11.9 Å². The Morgan fingerprint density at radius 2 is 1.94 bits per heavy atom. The molecule has 18 heavy (non-hydrogen) atoms. The number of ether oxygens (including phenoxy) is 1. The highest BCUT2D eigenvalue weighted by Crippen LogP contribution is 2.14. The lowest BCUT2D eigenvalue weighted by atomic mass is 10.2. The van der Waals surface area contributed by atoms with E-state index in [9.17, 15) is 9.59 Å². The Hall–Kier alpha value is -2.63. The van der Waals surface area contributed by atoms with Gasteiger partial charge in [-0.15, -0.1) is 0 Å². The molecule has 1 N–H and O–H groups in total. The Morgan fingerprint density at radius 3 is 2.50 bits per heavy atom. The summed E-state index contributed by atoms with van der Waals surface area (Å²) in [5, 5.41) is 12.5. The molecular formula is C12H10N2O4. The van der Waals surface area contributed by atoms with Gasteiger partial charge in [0, 0.05) is 13.1 Å². The maximum atomic E-state index is 11.7. The van der Waals surface area contributed by atoms with Crippen LogP contribution < -0.4 is 4.74 Å². The Kier molecular flexibility index (Phi) is 3.09. The Labute approximate surface area is 102 Å². The van der Waals surface area contributed by atoms with E-state index in [2.05, 4.69) is 5.10 Å². The molecule has 0 aliphatic rings. The highest BCUT2D eigenvalue weighted by atomic mass is 16.5. The average molecular weight is 246 g/mol. The van der Waals surface area contributed by atoms with Gasteiger partial charge in [0.05, 0.1) is 5.56 Å². The molecule has 0 saturated carbocycles. The summed E-state index contributed by atoms with van der Waals surface area (Å²) in [6, 6.07) is 9.62. The number of nitrogens with zero attached hydrogens (tertiary/aromatic N) is 2. The minimum Gasteiger partial charge on any atom is -0.476 e. The number of carbonyl (C=O) groups excluding carboxylic acids is 1. The van der Waals surface area contributed by atoms with E-state index in [0.717, 1.165) is 0 Å². The highest BCUT2D eigenvalue weighted by Gasteiger charge is 2.15. The normalized spacial score (nSPS) is 10.1. The van der Waals surface area contributed by atoms with Crippen LogP contribution in [0.4, 0.5) is 0 Å². The van der Waals surface area contributed by atoms with Crippen molar-refractivity contribution < 1.29 is 19.4 Å². The molecule has 6 nitrogen and oxygen atoms in total. The number of hydrogen-bond acceptors (Lipinski definition) is 4. The van der Waals surface area contributed by atoms with Crippen LogP contribution in [-0.2, 0) is 7.05 Å². The lowest BCUT2D eigenvalue weighted by Gasteiger charge is -2.03. The minimum absolute atomic E-state index is 0.0845. The van der Waals surface area contributed by atoms with Crippen LogP contribution >= 0.6 is 0 Å². The Morgan fingerprint density at radius 1 is 1.28 bits per heavy atom. The Balaban J connectivity index is 2.20. The van der Waals surface area contributed by atoms with E-state index in [0.29, 0.717) is 5.56 Å². The van der Waals surface area contributed by atoms with Crippen LogP contribution in [0.15, 0.2) is 36.4 Å². The van der Waals surface area contributed by atoms with Gasteiger partial charge in [0.25, 0.3) is 0 Å². The van der Waals surface area contributed by atoms with Crippen LogP contribution in [0.5, 0.6) is 5.88 Å². The number of rotatable bonds is 3. The molecule has 0 atom stereocenters. The highest BCUT2D eigenvalue weighted by molar-refractivity contribution is 5.91. The van der Waals surface area contributed by atoms with Crippen molar-refractivity contribution in [2.45, 2.75) is 0 Å². The number of aromatic carboxylic acids is 1. The van der Waals surface area contributed by atoms with E-state index in [1.807, 2.05) is 0 Å². The SMILES string of the molecule is Cn1nc(C(=O)O)cc1OC(=O)c1ccccc1. The van der Waals surface area contributed by atoms with Crippen molar-refractivity contribution in [2.24, 2.45) is 7.05 Å². The van der Waals surface area contributed by atoms with E-state index in [-0.39, 0.29) is 11.6 Å². The average Bonchev–Trinajstić information content (AvgIpc) is 2.72. The molecule has 1 aromatic heterocycles. The third kappa shape index (κ3) is 2.37. The molecule has 6 heteroatoms. The van der Waals surface area contributed by atoms with Gasteiger partial charge in [0.2, 0.25) is 5.88 Å². The number of hydrogen-bond donors (Lipinski definition) is 1. The van der Waals surface area contributed by atoms with Crippen molar-refractivity contribution in [3.8, 4) is 5.88 Å². The zero-order valence-electron chi connectivity index (χ0n) is 9.53. The topological polar surface area (TPSA) is 81.4 Å². The number of aromatic nitrogens is 2. The fourth-order valence-electron chi connectivity index (χ4n) is 1.38. The van der Waals surface area contributed by atoms with Crippen molar-refractivity contribution in [2.75, 3.05) is 0 Å². The third-order valence-corrected chi connectivity index (χ3v) is 2.26. The molecule has 0 bridgehead atoms. The van der Waals surface area contributed by atoms with Crippen LogP contribution in [0.1, 0.15) is 20.8 Å². The summed E-state index contributed by atoms with van der Waals surface area (Å²) < 4.78 is 6.26. The van der Waals surface area contributed by atoms with Gasteiger partial charge in [0.15, 0.2) is 5.69 Å². The lowest BCUT2D eigenvalue weighted by Crippen LogP contribution is -2.10. The fraction of sp³-hybridized carbons (Fsp3) is 0.0833. The second-order valence-electron chi connectivity index (χ2n) is 3.55. The molecule has 1 heterocycles. The quantitative estimate of drug-likeness (QED) is 0.826. The molecule has 92 valence electrons. The number of carboxylic acid groups (broad SMARTS) is 1. The van der Waals surface area contributed by atoms with Crippen LogP contribution in [0.2, 0.25) is 0 Å². The summed E-state index contributed by atoms with van der Waals surface area (Å²) in [5.41, 5.74) is 0.212. The van der Waals surface area contributed by atoms with Crippen molar-refractivity contribution in [1.82, 2.24) is 9.78 Å². The van der Waals surface area contributed by atoms with Gasteiger partial charge in [0.1, 0.15) is 0 Å². The standard InChI is InChI=1S/C12H10N2O4/c1-14-10(7-9(13-14)11(15)16)18-12(17)8-5-3-2-4-6-8/h2-7H,1H3,(H,15,16). The molecule has 0 saturated heterocycles. The molecule has 0 aliphatic carbocycles. The first kappa shape index (κ1) is 11.8. The van der Waals surface area contributed by atoms with Gasteiger partial charge in [-0.1, -0.05) is 18.2 Å². The van der Waals surface area contributed by atoms with Crippen LogP contribution in [0, 0.1) is 0 Å². The van der Waals surface area contributed by atoms with Gasteiger partial charge in [-0.2, -0.15) is 5.10 Å². The van der Waals surface area contributed by atoms with Crippen molar-refractivity contribution in [3.05, 3.63) is 47.7 Å². The smallest absolute Gasteiger partial charge is 0.356 e. The molecule has 2 rings (SSSR count). The van der Waals surface area contributed by atoms with Crippen molar-refractivity contribution >= 4 is 11.9 Å². The first-order valence-corrected chi connectivity index (χ1v) is 5.12. The number of carboxylic acids is 1. The summed E-state index contributed by atoms with van der Waals surface area (Å²) >= 11 is 0. The molecule has 0 aliphatic heterocycles. The maximum absolute atomic E-state index is 11.7. The summed E-state index contributed by atoms with van der Waals surface area (Å²) in [5.74, 6) is -1.65. The molecular weight excluding hydrogens is 236 g/mol. The van der Waals surface area contributed by atoms with Gasteiger partial charge in [-0.05, 0) is 12.1 Å². The predicted molar refractivity (Wildman–Crippen MR) is 61.6 cm³/mol. The molecule has 0 radical (unpaired) electrons. The zero-order chi connectivity index (χ0) is 13.1. The third-order valence-electron chi connectivity index (χ3n) is 2.26. The van der Waals surface area contributed by atoms with Crippen molar-refractivity contribution in [3.63, 3.8) is 0 Å².